The minimum absolute atomic E-state index is 0.109. The van der Waals surface area contributed by atoms with Crippen LogP contribution in [0.2, 0.25) is 5.02 Å². The molecule has 1 atom stereocenters. The lowest BCUT2D eigenvalue weighted by Crippen LogP contribution is -2.47. The number of amides is 1. The van der Waals surface area contributed by atoms with Crippen LogP contribution in [0.3, 0.4) is 0 Å². The van der Waals surface area contributed by atoms with E-state index in [4.69, 9.17) is 22.1 Å². The Bertz CT molecular complexity index is 777. The molecular formula is C24H35ClF3N3O2. The summed E-state index contributed by atoms with van der Waals surface area (Å²) >= 11 is 5.75. The summed E-state index contributed by atoms with van der Waals surface area (Å²) in [7, 11) is 1.71. The highest BCUT2D eigenvalue weighted by molar-refractivity contribution is 6.31. The molecule has 1 unspecified atom stereocenters. The van der Waals surface area contributed by atoms with Gasteiger partial charge in [-0.05, 0) is 62.3 Å². The van der Waals surface area contributed by atoms with Crippen molar-refractivity contribution in [3.05, 3.63) is 28.8 Å². The molecule has 3 rings (SSSR count). The third-order valence-electron chi connectivity index (χ3n) is 7.24. The lowest BCUT2D eigenvalue weighted by molar-refractivity contribution is -0.137. The van der Waals surface area contributed by atoms with E-state index in [1.165, 1.54) is 18.9 Å². The van der Waals surface area contributed by atoms with Gasteiger partial charge >= 0.3 is 6.18 Å². The van der Waals surface area contributed by atoms with E-state index in [2.05, 4.69) is 4.90 Å². The predicted octanol–water partition coefficient (Wildman–Crippen LogP) is 4.96. The number of nitrogens with two attached hydrogens (primary N) is 1. The summed E-state index contributed by atoms with van der Waals surface area (Å²) in [4.78, 5) is 15.5. The Balaban J connectivity index is 1.40. The van der Waals surface area contributed by atoms with E-state index >= 15 is 0 Å². The zero-order valence-electron chi connectivity index (χ0n) is 19.2. The second kappa shape index (κ2) is 11.8. The third kappa shape index (κ3) is 7.49. The molecule has 2 N–H and O–H groups in total. The first-order chi connectivity index (χ1) is 15.7. The molecule has 1 saturated heterocycles. The molecule has 1 aliphatic heterocycles. The van der Waals surface area contributed by atoms with Crippen LogP contribution >= 0.6 is 11.6 Å². The van der Waals surface area contributed by atoms with Crippen molar-refractivity contribution in [3.8, 4) is 0 Å². The summed E-state index contributed by atoms with van der Waals surface area (Å²) in [6, 6.07) is 4.17. The van der Waals surface area contributed by atoms with Crippen molar-refractivity contribution in [1.82, 2.24) is 4.90 Å². The van der Waals surface area contributed by atoms with Gasteiger partial charge in [-0.2, -0.15) is 13.2 Å². The molecular weight excluding hydrogens is 455 g/mol. The van der Waals surface area contributed by atoms with Gasteiger partial charge in [-0.3, -0.25) is 9.69 Å². The van der Waals surface area contributed by atoms with Gasteiger partial charge in [-0.1, -0.05) is 24.4 Å². The Morgan fingerprint density at radius 3 is 2.42 bits per heavy atom. The Kier molecular flexibility index (Phi) is 9.30. The van der Waals surface area contributed by atoms with Crippen molar-refractivity contribution in [2.75, 3.05) is 44.7 Å². The Labute approximate surface area is 199 Å². The van der Waals surface area contributed by atoms with E-state index in [0.29, 0.717) is 43.5 Å². The maximum Gasteiger partial charge on any atom is 0.417 e. The van der Waals surface area contributed by atoms with Crippen molar-refractivity contribution in [1.29, 1.82) is 0 Å². The molecule has 1 amide bonds. The van der Waals surface area contributed by atoms with Crippen LogP contribution in [0.25, 0.3) is 0 Å². The van der Waals surface area contributed by atoms with E-state index < -0.39 is 11.7 Å². The molecule has 186 valence electrons. The monoisotopic (exact) mass is 489 g/mol. The van der Waals surface area contributed by atoms with Crippen LogP contribution in [-0.4, -0.2) is 56.7 Å². The molecule has 0 bridgehead atoms. The highest BCUT2D eigenvalue weighted by Crippen LogP contribution is 2.37. The van der Waals surface area contributed by atoms with Crippen LogP contribution in [0.4, 0.5) is 18.9 Å². The Morgan fingerprint density at radius 1 is 1.18 bits per heavy atom. The Morgan fingerprint density at radius 2 is 1.85 bits per heavy atom. The van der Waals surface area contributed by atoms with E-state index in [9.17, 15) is 18.0 Å². The minimum Gasteiger partial charge on any atom is -0.381 e. The molecule has 0 spiro atoms. The van der Waals surface area contributed by atoms with Gasteiger partial charge in [0.2, 0.25) is 5.91 Å². The number of hydrogen-bond donors (Lipinski definition) is 1. The number of methoxy groups -OCH3 is 1. The molecule has 2 aliphatic rings. The van der Waals surface area contributed by atoms with Gasteiger partial charge in [0.25, 0.3) is 0 Å². The van der Waals surface area contributed by atoms with Gasteiger partial charge in [0.05, 0.1) is 16.7 Å². The van der Waals surface area contributed by atoms with Gasteiger partial charge in [0.15, 0.2) is 0 Å². The standard InChI is InChI=1S/C24H35ClF3N3O2/c1-33-22(8-9-23(29)32)18-4-2-17(3-5-18)10-11-30-12-14-31(15-13-30)19-6-7-21(25)20(16-19)24(26,27)28/h6-7,16-18,22H,2-5,8-15H2,1H3,(H2,29,32). The smallest absolute Gasteiger partial charge is 0.381 e. The SMILES string of the molecule is COC(CCC(N)=O)C1CCC(CCN2CCN(c3ccc(Cl)c(C(F)(F)F)c3)CC2)CC1. The summed E-state index contributed by atoms with van der Waals surface area (Å²) in [6.45, 7) is 4.13. The topological polar surface area (TPSA) is 58.8 Å². The van der Waals surface area contributed by atoms with E-state index in [-0.39, 0.29) is 17.0 Å². The maximum atomic E-state index is 13.2. The molecule has 0 radical (unpaired) electrons. The number of rotatable bonds is 9. The number of carbonyl (C=O) groups is 1. The van der Waals surface area contributed by atoms with E-state index in [0.717, 1.165) is 45.0 Å². The zero-order chi connectivity index (χ0) is 24.0. The highest BCUT2D eigenvalue weighted by Gasteiger charge is 2.34. The largest absolute Gasteiger partial charge is 0.417 e. The first-order valence-electron chi connectivity index (χ1n) is 11.8. The average Bonchev–Trinajstić information content (AvgIpc) is 2.78. The van der Waals surface area contributed by atoms with Crippen LogP contribution in [0.5, 0.6) is 0 Å². The van der Waals surface area contributed by atoms with Crippen molar-refractivity contribution in [2.45, 2.75) is 57.2 Å². The molecule has 33 heavy (non-hydrogen) atoms. The Hall–Kier alpha value is -1.51. The van der Waals surface area contributed by atoms with Crippen LogP contribution in [0, 0.1) is 11.8 Å². The normalized spacial score (nSPS) is 23.5. The van der Waals surface area contributed by atoms with Crippen molar-refractivity contribution < 1.29 is 22.7 Å². The maximum absolute atomic E-state index is 13.2. The van der Waals surface area contributed by atoms with Gasteiger partial charge in [0.1, 0.15) is 0 Å². The molecule has 1 aromatic rings. The fourth-order valence-corrected chi connectivity index (χ4v) is 5.43. The molecule has 1 heterocycles. The average molecular weight is 490 g/mol. The molecule has 1 aliphatic carbocycles. The van der Waals surface area contributed by atoms with E-state index in [1.54, 1.807) is 13.2 Å². The number of anilines is 1. The third-order valence-corrected chi connectivity index (χ3v) is 7.57. The summed E-state index contributed by atoms with van der Waals surface area (Å²) in [5.41, 5.74) is 5.08. The fourth-order valence-electron chi connectivity index (χ4n) is 5.20. The van der Waals surface area contributed by atoms with E-state index in [1.807, 2.05) is 4.90 Å². The van der Waals surface area contributed by atoms with Gasteiger partial charge in [-0.15, -0.1) is 0 Å². The lowest BCUT2D eigenvalue weighted by Gasteiger charge is -2.38. The summed E-state index contributed by atoms with van der Waals surface area (Å²) in [5.74, 6) is 0.913. The van der Waals surface area contributed by atoms with Crippen LogP contribution < -0.4 is 10.6 Å². The summed E-state index contributed by atoms with van der Waals surface area (Å²) in [5, 5.41) is -0.260. The number of benzene rings is 1. The molecule has 2 fully saturated rings. The minimum atomic E-state index is -4.45. The van der Waals surface area contributed by atoms with Crippen molar-refractivity contribution >= 4 is 23.2 Å². The van der Waals surface area contributed by atoms with Crippen molar-refractivity contribution in [3.63, 3.8) is 0 Å². The summed E-state index contributed by atoms with van der Waals surface area (Å²) < 4.78 is 45.1. The van der Waals surface area contributed by atoms with Crippen LogP contribution in [0.1, 0.15) is 50.5 Å². The fraction of sp³-hybridized carbons (Fsp3) is 0.708. The van der Waals surface area contributed by atoms with Gasteiger partial charge < -0.3 is 15.4 Å². The molecule has 9 heteroatoms. The second-order valence-corrected chi connectivity index (χ2v) is 9.75. The number of ether oxygens (including phenoxy) is 1. The number of alkyl halides is 3. The number of nitrogens with zero attached hydrogens (tertiary/aromatic N) is 2. The number of primary amides is 1. The molecule has 1 aromatic carbocycles. The zero-order valence-corrected chi connectivity index (χ0v) is 20.0. The van der Waals surface area contributed by atoms with Gasteiger partial charge in [-0.25, -0.2) is 0 Å². The second-order valence-electron chi connectivity index (χ2n) is 9.34. The lowest BCUT2D eigenvalue weighted by atomic mass is 9.77. The number of hydrogen-bond acceptors (Lipinski definition) is 4. The van der Waals surface area contributed by atoms with Crippen molar-refractivity contribution in [2.24, 2.45) is 17.6 Å². The van der Waals surface area contributed by atoms with Crippen LogP contribution in [0.15, 0.2) is 18.2 Å². The molecule has 0 aromatic heterocycles. The van der Waals surface area contributed by atoms with Gasteiger partial charge in [0, 0.05) is 45.4 Å². The number of piperazine rings is 1. The van der Waals surface area contributed by atoms with Crippen LogP contribution in [-0.2, 0) is 15.7 Å². The quantitative estimate of drug-likeness (QED) is 0.532. The first-order valence-corrected chi connectivity index (χ1v) is 12.2. The number of halogens is 4. The summed E-state index contributed by atoms with van der Waals surface area (Å²) in [6.07, 6.45) is 2.46. The first kappa shape index (κ1) is 26.1. The molecule has 5 nitrogen and oxygen atoms in total. The highest BCUT2D eigenvalue weighted by atomic mass is 35.5. The predicted molar refractivity (Wildman–Crippen MR) is 124 cm³/mol. The molecule has 1 saturated carbocycles. The number of carbonyl (C=O) groups excluding carboxylic acids is 1.